The SMILES string of the molecule is Cc1nc(C2CC2)nc2sc(C(=O)Nc3nnc(CC(C)C)s3)c(C)c12. The van der Waals surface area contributed by atoms with Gasteiger partial charge in [-0.2, -0.15) is 0 Å². The predicted octanol–water partition coefficient (Wildman–Crippen LogP) is 4.49. The van der Waals surface area contributed by atoms with Gasteiger partial charge in [0.25, 0.3) is 5.91 Å². The minimum atomic E-state index is -0.148. The smallest absolute Gasteiger partial charge is 0.267 e. The fourth-order valence-electron chi connectivity index (χ4n) is 2.99. The molecule has 1 amide bonds. The van der Waals surface area contributed by atoms with Gasteiger partial charge in [0, 0.05) is 17.7 Å². The Labute approximate surface area is 160 Å². The molecule has 0 unspecified atom stereocenters. The van der Waals surface area contributed by atoms with Gasteiger partial charge < -0.3 is 0 Å². The first-order valence-electron chi connectivity index (χ1n) is 8.83. The number of nitrogens with zero attached hydrogens (tertiary/aromatic N) is 4. The molecule has 0 aliphatic heterocycles. The molecule has 0 bridgehead atoms. The highest BCUT2D eigenvalue weighted by molar-refractivity contribution is 7.21. The lowest BCUT2D eigenvalue weighted by molar-refractivity contribution is 0.103. The summed E-state index contributed by atoms with van der Waals surface area (Å²) in [7, 11) is 0. The van der Waals surface area contributed by atoms with Crippen LogP contribution >= 0.6 is 22.7 Å². The Morgan fingerprint density at radius 3 is 2.65 bits per heavy atom. The van der Waals surface area contributed by atoms with Crippen LogP contribution in [0.4, 0.5) is 5.13 Å². The number of aromatic nitrogens is 4. The molecule has 1 fully saturated rings. The van der Waals surface area contributed by atoms with Gasteiger partial charge in [-0.05, 0) is 38.2 Å². The first kappa shape index (κ1) is 17.5. The van der Waals surface area contributed by atoms with Crippen molar-refractivity contribution in [2.45, 2.75) is 52.9 Å². The van der Waals surface area contributed by atoms with Gasteiger partial charge in [0.2, 0.25) is 5.13 Å². The summed E-state index contributed by atoms with van der Waals surface area (Å²) in [4.78, 5) is 23.7. The Kier molecular flexibility index (Phi) is 4.48. The van der Waals surface area contributed by atoms with Gasteiger partial charge >= 0.3 is 0 Å². The molecule has 3 aromatic rings. The van der Waals surface area contributed by atoms with Crippen LogP contribution < -0.4 is 5.32 Å². The third-order valence-corrected chi connectivity index (χ3v) is 6.45. The zero-order valence-electron chi connectivity index (χ0n) is 15.3. The largest absolute Gasteiger partial charge is 0.296 e. The van der Waals surface area contributed by atoms with E-state index in [9.17, 15) is 4.79 Å². The Bertz CT molecular complexity index is 987. The zero-order valence-corrected chi connectivity index (χ0v) is 16.9. The molecule has 0 atom stereocenters. The Morgan fingerprint density at radius 2 is 1.96 bits per heavy atom. The second-order valence-corrected chi connectivity index (χ2v) is 9.29. The number of fused-ring (bicyclic) bond motifs is 1. The van der Waals surface area contributed by atoms with Gasteiger partial charge in [0.1, 0.15) is 15.7 Å². The van der Waals surface area contributed by atoms with Gasteiger partial charge in [-0.1, -0.05) is 25.2 Å². The quantitative estimate of drug-likeness (QED) is 0.698. The molecule has 0 spiro atoms. The van der Waals surface area contributed by atoms with Gasteiger partial charge in [0.05, 0.1) is 10.6 Å². The van der Waals surface area contributed by atoms with Crippen LogP contribution in [0.5, 0.6) is 0 Å². The zero-order chi connectivity index (χ0) is 18.4. The number of thiophene rings is 1. The number of rotatable bonds is 5. The minimum absolute atomic E-state index is 0.148. The molecule has 6 nitrogen and oxygen atoms in total. The molecule has 3 heterocycles. The van der Waals surface area contributed by atoms with E-state index in [4.69, 9.17) is 4.98 Å². The lowest BCUT2D eigenvalue weighted by Gasteiger charge is -2.02. The fraction of sp³-hybridized carbons (Fsp3) is 0.500. The average Bonchev–Trinajstić information content (AvgIpc) is 3.25. The van der Waals surface area contributed by atoms with Crippen LogP contribution in [0.2, 0.25) is 0 Å². The van der Waals surface area contributed by atoms with Gasteiger partial charge in [-0.15, -0.1) is 21.5 Å². The number of amides is 1. The second kappa shape index (κ2) is 6.66. The summed E-state index contributed by atoms with van der Waals surface area (Å²) in [5, 5.41) is 13.6. The maximum atomic E-state index is 12.8. The van der Waals surface area contributed by atoms with Crippen molar-refractivity contribution < 1.29 is 4.79 Å². The molecule has 136 valence electrons. The van der Waals surface area contributed by atoms with Crippen LogP contribution in [0.15, 0.2) is 0 Å². The number of carbonyl (C=O) groups is 1. The Morgan fingerprint density at radius 1 is 1.19 bits per heavy atom. The number of carbonyl (C=O) groups excluding carboxylic acids is 1. The van der Waals surface area contributed by atoms with Crippen molar-refractivity contribution in [1.82, 2.24) is 20.2 Å². The van der Waals surface area contributed by atoms with Crippen molar-refractivity contribution in [3.63, 3.8) is 0 Å². The normalized spacial score (nSPS) is 14.3. The topological polar surface area (TPSA) is 80.7 Å². The van der Waals surface area contributed by atoms with E-state index in [0.29, 0.717) is 21.8 Å². The van der Waals surface area contributed by atoms with Crippen LogP contribution in [0, 0.1) is 19.8 Å². The van der Waals surface area contributed by atoms with Crippen molar-refractivity contribution in [1.29, 1.82) is 0 Å². The van der Waals surface area contributed by atoms with Crippen molar-refractivity contribution >= 4 is 43.9 Å². The molecule has 1 aliphatic carbocycles. The molecule has 0 aromatic carbocycles. The van der Waals surface area contributed by atoms with E-state index in [1.807, 2.05) is 13.8 Å². The molecule has 1 saturated carbocycles. The fourth-order valence-corrected chi connectivity index (χ4v) is 5.07. The van der Waals surface area contributed by atoms with Crippen LogP contribution in [-0.4, -0.2) is 26.1 Å². The molecule has 0 saturated heterocycles. The summed E-state index contributed by atoms with van der Waals surface area (Å²) in [6.07, 6.45) is 3.20. The van der Waals surface area contributed by atoms with Crippen molar-refractivity contribution in [3.8, 4) is 0 Å². The van der Waals surface area contributed by atoms with E-state index in [-0.39, 0.29) is 5.91 Å². The van der Waals surface area contributed by atoms with Crippen LogP contribution in [0.1, 0.15) is 64.4 Å². The number of hydrogen-bond acceptors (Lipinski definition) is 7. The highest BCUT2D eigenvalue weighted by Crippen LogP contribution is 2.40. The highest BCUT2D eigenvalue weighted by atomic mass is 32.1. The van der Waals surface area contributed by atoms with Crippen LogP contribution in [0.25, 0.3) is 10.2 Å². The van der Waals surface area contributed by atoms with E-state index in [1.54, 1.807) is 0 Å². The minimum Gasteiger partial charge on any atom is -0.296 e. The van der Waals surface area contributed by atoms with Crippen molar-refractivity contribution in [2.24, 2.45) is 5.92 Å². The summed E-state index contributed by atoms with van der Waals surface area (Å²) in [6, 6.07) is 0. The van der Waals surface area contributed by atoms with Crippen LogP contribution in [-0.2, 0) is 6.42 Å². The van der Waals surface area contributed by atoms with Gasteiger partial charge in [-0.25, -0.2) is 9.97 Å². The molecule has 1 N–H and O–H groups in total. The molecule has 0 radical (unpaired) electrons. The molecular weight excluding hydrogens is 366 g/mol. The lowest BCUT2D eigenvalue weighted by Crippen LogP contribution is -2.11. The van der Waals surface area contributed by atoms with E-state index < -0.39 is 0 Å². The van der Waals surface area contributed by atoms with Gasteiger partial charge in [-0.3, -0.25) is 10.1 Å². The van der Waals surface area contributed by atoms with E-state index in [1.165, 1.54) is 35.5 Å². The summed E-state index contributed by atoms with van der Waals surface area (Å²) in [5.74, 6) is 1.79. The molecule has 4 rings (SSSR count). The number of anilines is 1. The molecule has 1 aliphatic rings. The lowest BCUT2D eigenvalue weighted by atomic mass is 10.1. The third kappa shape index (κ3) is 3.35. The number of nitrogens with one attached hydrogen (secondary N) is 1. The van der Waals surface area contributed by atoms with E-state index >= 15 is 0 Å². The standard InChI is InChI=1S/C18H21N5OS2/c1-8(2)7-12-22-23-18(25-12)21-16(24)14-9(3)13-10(4)19-15(11-5-6-11)20-17(13)26-14/h8,11H,5-7H2,1-4H3,(H,21,23,24). The number of hydrogen-bond donors (Lipinski definition) is 1. The number of aryl methyl sites for hydroxylation is 2. The summed E-state index contributed by atoms with van der Waals surface area (Å²) >= 11 is 2.87. The maximum Gasteiger partial charge on any atom is 0.267 e. The van der Waals surface area contributed by atoms with E-state index in [2.05, 4.69) is 34.3 Å². The second-order valence-electron chi connectivity index (χ2n) is 7.23. The first-order valence-corrected chi connectivity index (χ1v) is 10.5. The summed E-state index contributed by atoms with van der Waals surface area (Å²) < 4.78 is 0. The Hall–Kier alpha value is -1.93. The summed E-state index contributed by atoms with van der Waals surface area (Å²) in [5.41, 5.74) is 1.90. The molecular formula is C18H21N5OS2. The van der Waals surface area contributed by atoms with Crippen molar-refractivity contribution in [3.05, 3.63) is 27.0 Å². The van der Waals surface area contributed by atoms with Crippen molar-refractivity contribution in [2.75, 3.05) is 5.32 Å². The molecule has 26 heavy (non-hydrogen) atoms. The maximum absolute atomic E-state index is 12.8. The van der Waals surface area contributed by atoms with Crippen LogP contribution in [0.3, 0.4) is 0 Å². The van der Waals surface area contributed by atoms with E-state index in [0.717, 1.165) is 38.7 Å². The van der Waals surface area contributed by atoms with Gasteiger partial charge in [0.15, 0.2) is 0 Å². The predicted molar refractivity (Wildman–Crippen MR) is 105 cm³/mol. The monoisotopic (exact) mass is 387 g/mol. The Balaban J connectivity index is 1.61. The average molecular weight is 388 g/mol. The third-order valence-electron chi connectivity index (χ3n) is 4.41. The molecule has 3 aromatic heterocycles. The summed E-state index contributed by atoms with van der Waals surface area (Å²) in [6.45, 7) is 8.24. The highest BCUT2D eigenvalue weighted by Gasteiger charge is 2.28. The first-order chi connectivity index (χ1) is 12.4. The molecule has 8 heteroatoms.